The number of amides is 2. The van der Waals surface area contributed by atoms with Crippen LogP contribution in [-0.2, 0) is 32.1 Å². The van der Waals surface area contributed by atoms with Crippen molar-refractivity contribution in [2.75, 3.05) is 25.1 Å². The lowest BCUT2D eigenvalue weighted by Crippen LogP contribution is -2.32. The molecule has 7 heteroatoms. The summed E-state index contributed by atoms with van der Waals surface area (Å²) in [5.74, 6) is -0.899. The van der Waals surface area contributed by atoms with Crippen LogP contribution in [0.5, 0.6) is 0 Å². The average Bonchev–Trinajstić information content (AvgIpc) is 3.35. The van der Waals surface area contributed by atoms with Crippen molar-refractivity contribution in [3.8, 4) is 0 Å². The number of aryl methyl sites for hydroxylation is 1. The van der Waals surface area contributed by atoms with Crippen LogP contribution in [0.2, 0.25) is 0 Å². The summed E-state index contributed by atoms with van der Waals surface area (Å²) in [7, 11) is 1.61. The number of esters is 1. The number of benzene rings is 1. The third kappa shape index (κ3) is 4.60. The molecule has 0 aliphatic carbocycles. The molecule has 0 bridgehead atoms. The summed E-state index contributed by atoms with van der Waals surface area (Å²) in [6, 6.07) is 11.2. The molecule has 0 saturated carbocycles. The van der Waals surface area contributed by atoms with Gasteiger partial charge < -0.3 is 19.0 Å². The smallest absolute Gasteiger partial charge is 0.311 e. The molecule has 1 atom stereocenters. The minimum absolute atomic E-state index is 0.0881. The lowest BCUT2D eigenvalue weighted by molar-refractivity contribution is -0.155. The second-order valence-corrected chi connectivity index (χ2v) is 6.86. The number of carbonyl (C=O) groups excluding carboxylic acids is 3. The van der Waals surface area contributed by atoms with Gasteiger partial charge in [-0.15, -0.1) is 0 Å². The van der Waals surface area contributed by atoms with Gasteiger partial charge in [-0.1, -0.05) is 19.1 Å². The lowest BCUT2D eigenvalue weighted by Gasteiger charge is -2.18. The fourth-order valence-electron chi connectivity index (χ4n) is 3.11. The summed E-state index contributed by atoms with van der Waals surface area (Å²) >= 11 is 0. The van der Waals surface area contributed by atoms with Crippen LogP contribution in [-0.4, -0.2) is 42.9 Å². The van der Waals surface area contributed by atoms with Crippen LogP contribution in [0.4, 0.5) is 5.69 Å². The summed E-state index contributed by atoms with van der Waals surface area (Å²) in [4.78, 5) is 39.8. The zero-order valence-corrected chi connectivity index (χ0v) is 16.1. The van der Waals surface area contributed by atoms with E-state index in [1.807, 2.05) is 24.3 Å². The van der Waals surface area contributed by atoms with E-state index in [1.165, 1.54) is 16.7 Å². The maximum absolute atomic E-state index is 12.3. The van der Waals surface area contributed by atoms with E-state index < -0.39 is 11.9 Å². The Morgan fingerprint density at radius 1 is 1.25 bits per heavy atom. The average molecular weight is 384 g/mol. The number of hydrogen-bond acceptors (Lipinski definition) is 5. The number of hydrogen-bond donors (Lipinski definition) is 0. The normalized spacial score (nSPS) is 16.3. The maximum Gasteiger partial charge on any atom is 0.311 e. The van der Waals surface area contributed by atoms with Crippen LogP contribution in [0, 0.1) is 5.92 Å². The fourth-order valence-corrected chi connectivity index (χ4v) is 3.11. The van der Waals surface area contributed by atoms with E-state index in [0.29, 0.717) is 12.3 Å². The Kier molecular flexibility index (Phi) is 6.13. The molecular formula is C21H24N2O5. The summed E-state index contributed by atoms with van der Waals surface area (Å²) in [6.45, 7) is 2.27. The fraction of sp³-hybridized carbons (Fsp3) is 0.381. The van der Waals surface area contributed by atoms with E-state index in [2.05, 4.69) is 6.92 Å². The first-order chi connectivity index (χ1) is 13.5. The first-order valence-electron chi connectivity index (χ1n) is 9.30. The molecule has 7 nitrogen and oxygen atoms in total. The van der Waals surface area contributed by atoms with Gasteiger partial charge in [0.2, 0.25) is 5.91 Å². The standard InChI is InChI=1S/C21H24N2O5/c1-3-15-6-8-17(9-7-15)23-12-16(11-19(23)24)21(26)28-14-20(25)22(2)13-18-5-4-10-27-18/h4-10,16H,3,11-14H2,1-2H3. The van der Waals surface area contributed by atoms with Gasteiger partial charge in [-0.3, -0.25) is 14.4 Å². The highest BCUT2D eigenvalue weighted by molar-refractivity contribution is 5.99. The zero-order valence-electron chi connectivity index (χ0n) is 16.1. The van der Waals surface area contributed by atoms with Crippen molar-refractivity contribution in [1.82, 2.24) is 4.90 Å². The van der Waals surface area contributed by atoms with Crippen LogP contribution in [0.15, 0.2) is 47.1 Å². The molecule has 1 saturated heterocycles. The Labute approximate surface area is 163 Å². The Morgan fingerprint density at radius 2 is 2.00 bits per heavy atom. The number of furan rings is 1. The molecule has 1 aromatic carbocycles. The van der Waals surface area contributed by atoms with E-state index in [-0.39, 0.29) is 31.4 Å². The molecule has 28 heavy (non-hydrogen) atoms. The molecule has 2 aromatic rings. The van der Waals surface area contributed by atoms with Gasteiger partial charge in [0, 0.05) is 25.7 Å². The second kappa shape index (κ2) is 8.73. The molecule has 1 fully saturated rings. The molecule has 3 rings (SSSR count). The summed E-state index contributed by atoms with van der Waals surface area (Å²) < 4.78 is 10.4. The van der Waals surface area contributed by atoms with Gasteiger partial charge in [-0.25, -0.2) is 0 Å². The Bertz CT molecular complexity index is 829. The first-order valence-corrected chi connectivity index (χ1v) is 9.30. The molecule has 1 aliphatic heterocycles. The predicted molar refractivity (Wildman–Crippen MR) is 102 cm³/mol. The summed E-state index contributed by atoms with van der Waals surface area (Å²) in [6.07, 6.45) is 2.54. The van der Waals surface area contributed by atoms with Gasteiger partial charge >= 0.3 is 5.97 Å². The van der Waals surface area contributed by atoms with Gasteiger partial charge in [-0.2, -0.15) is 0 Å². The lowest BCUT2D eigenvalue weighted by atomic mass is 10.1. The quantitative estimate of drug-likeness (QED) is 0.685. The van der Waals surface area contributed by atoms with E-state index in [4.69, 9.17) is 9.15 Å². The van der Waals surface area contributed by atoms with Crippen molar-refractivity contribution in [1.29, 1.82) is 0 Å². The number of likely N-dealkylation sites (N-methyl/N-ethyl adjacent to an activating group) is 1. The third-order valence-corrected chi connectivity index (χ3v) is 4.85. The monoisotopic (exact) mass is 384 g/mol. The van der Waals surface area contributed by atoms with Gasteiger partial charge in [0.1, 0.15) is 5.76 Å². The number of rotatable bonds is 7. The molecule has 1 aromatic heterocycles. The van der Waals surface area contributed by atoms with Gasteiger partial charge in [0.25, 0.3) is 5.91 Å². The zero-order chi connectivity index (χ0) is 20.1. The minimum Gasteiger partial charge on any atom is -0.467 e. The van der Waals surface area contributed by atoms with E-state index >= 15 is 0 Å². The van der Waals surface area contributed by atoms with E-state index in [1.54, 1.807) is 24.1 Å². The van der Waals surface area contributed by atoms with Crippen molar-refractivity contribution >= 4 is 23.5 Å². The van der Waals surface area contributed by atoms with Crippen LogP contribution in [0.1, 0.15) is 24.7 Å². The van der Waals surface area contributed by atoms with Crippen LogP contribution < -0.4 is 4.90 Å². The Balaban J connectivity index is 1.50. The molecule has 0 N–H and O–H groups in total. The number of anilines is 1. The van der Waals surface area contributed by atoms with Crippen molar-refractivity contribution in [3.63, 3.8) is 0 Å². The highest BCUT2D eigenvalue weighted by Gasteiger charge is 2.36. The predicted octanol–water partition coefficient (Wildman–Crippen LogP) is 2.40. The van der Waals surface area contributed by atoms with Crippen LogP contribution >= 0.6 is 0 Å². The van der Waals surface area contributed by atoms with Crippen molar-refractivity contribution < 1.29 is 23.5 Å². The molecular weight excluding hydrogens is 360 g/mol. The Hall–Kier alpha value is -3.09. The van der Waals surface area contributed by atoms with Crippen molar-refractivity contribution in [2.24, 2.45) is 5.92 Å². The van der Waals surface area contributed by atoms with Crippen molar-refractivity contribution in [3.05, 3.63) is 54.0 Å². The van der Waals surface area contributed by atoms with Gasteiger partial charge in [0.05, 0.1) is 18.7 Å². The topological polar surface area (TPSA) is 80.1 Å². The van der Waals surface area contributed by atoms with Gasteiger partial charge in [0.15, 0.2) is 6.61 Å². The van der Waals surface area contributed by atoms with E-state index in [0.717, 1.165) is 12.1 Å². The van der Waals surface area contributed by atoms with Gasteiger partial charge in [-0.05, 0) is 36.2 Å². The highest BCUT2D eigenvalue weighted by Crippen LogP contribution is 2.26. The molecule has 1 aliphatic rings. The number of nitrogens with zero attached hydrogens (tertiary/aromatic N) is 2. The molecule has 1 unspecified atom stereocenters. The third-order valence-electron chi connectivity index (χ3n) is 4.85. The summed E-state index contributed by atoms with van der Waals surface area (Å²) in [5.41, 5.74) is 1.95. The molecule has 0 spiro atoms. The summed E-state index contributed by atoms with van der Waals surface area (Å²) in [5, 5.41) is 0. The van der Waals surface area contributed by atoms with Crippen LogP contribution in [0.3, 0.4) is 0 Å². The minimum atomic E-state index is -0.568. The number of carbonyl (C=O) groups is 3. The SMILES string of the molecule is CCc1ccc(N2CC(C(=O)OCC(=O)N(C)Cc3ccco3)CC2=O)cc1. The number of ether oxygens (including phenoxy) is 1. The molecule has 2 amide bonds. The van der Waals surface area contributed by atoms with E-state index in [9.17, 15) is 14.4 Å². The largest absolute Gasteiger partial charge is 0.467 e. The Morgan fingerprint density at radius 3 is 2.64 bits per heavy atom. The van der Waals surface area contributed by atoms with Crippen molar-refractivity contribution in [2.45, 2.75) is 26.3 Å². The molecule has 2 heterocycles. The second-order valence-electron chi connectivity index (χ2n) is 6.86. The molecule has 148 valence electrons. The maximum atomic E-state index is 12.3. The molecule has 0 radical (unpaired) electrons. The highest BCUT2D eigenvalue weighted by atomic mass is 16.5. The van der Waals surface area contributed by atoms with Crippen LogP contribution in [0.25, 0.3) is 0 Å². The first kappa shape index (κ1) is 19.7.